The van der Waals surface area contributed by atoms with Crippen molar-refractivity contribution in [3.63, 3.8) is 0 Å². The Bertz CT molecular complexity index is 407. The van der Waals surface area contributed by atoms with Crippen molar-refractivity contribution >= 4 is 11.7 Å². The molecule has 1 aromatic carbocycles. The molecule has 18 heavy (non-hydrogen) atoms. The molecule has 0 radical (unpaired) electrons. The van der Waals surface area contributed by atoms with Crippen molar-refractivity contribution in [3.05, 3.63) is 23.8 Å². The Morgan fingerprint density at radius 1 is 1.56 bits per heavy atom. The highest BCUT2D eigenvalue weighted by molar-refractivity contribution is 5.73. The Kier molecular flexibility index (Phi) is 5.45. The Hall–Kier alpha value is -1.75. The van der Waals surface area contributed by atoms with Crippen molar-refractivity contribution in [2.45, 2.75) is 25.8 Å². The summed E-state index contributed by atoms with van der Waals surface area (Å²) in [6.07, 6.45) is 1.30. The first-order valence-corrected chi connectivity index (χ1v) is 5.97. The van der Waals surface area contributed by atoms with Crippen LogP contribution in [0.3, 0.4) is 0 Å². The molecule has 0 aliphatic rings. The van der Waals surface area contributed by atoms with Gasteiger partial charge in [0.15, 0.2) is 0 Å². The van der Waals surface area contributed by atoms with Crippen LogP contribution in [0.4, 0.5) is 5.69 Å². The van der Waals surface area contributed by atoms with E-state index in [0.29, 0.717) is 24.4 Å². The van der Waals surface area contributed by atoms with Gasteiger partial charge in [-0.15, -0.1) is 0 Å². The third-order valence-electron chi connectivity index (χ3n) is 2.80. The molecule has 0 aromatic heterocycles. The van der Waals surface area contributed by atoms with Crippen LogP contribution in [-0.4, -0.2) is 30.8 Å². The summed E-state index contributed by atoms with van der Waals surface area (Å²) in [6, 6.07) is 5.11. The molecule has 0 heterocycles. The van der Waals surface area contributed by atoms with Crippen LogP contribution < -0.4 is 15.8 Å². The average molecular weight is 252 g/mol. The summed E-state index contributed by atoms with van der Waals surface area (Å²) in [4.78, 5) is 10.8. The van der Waals surface area contributed by atoms with E-state index < -0.39 is 12.0 Å². The first kappa shape index (κ1) is 14.3. The van der Waals surface area contributed by atoms with Crippen LogP contribution in [0.15, 0.2) is 18.2 Å². The SMILES string of the molecule is CCC(NCCc1ccc(OC)c(N)c1)C(=O)O. The smallest absolute Gasteiger partial charge is 0.320 e. The van der Waals surface area contributed by atoms with Gasteiger partial charge in [0.2, 0.25) is 0 Å². The van der Waals surface area contributed by atoms with Crippen molar-refractivity contribution < 1.29 is 14.6 Å². The van der Waals surface area contributed by atoms with E-state index in [4.69, 9.17) is 15.6 Å². The van der Waals surface area contributed by atoms with Crippen LogP contribution in [-0.2, 0) is 11.2 Å². The maximum atomic E-state index is 10.8. The van der Waals surface area contributed by atoms with Crippen LogP contribution in [0.25, 0.3) is 0 Å². The van der Waals surface area contributed by atoms with Crippen molar-refractivity contribution in [2.24, 2.45) is 0 Å². The number of carbonyl (C=O) groups is 1. The Morgan fingerprint density at radius 3 is 2.78 bits per heavy atom. The summed E-state index contributed by atoms with van der Waals surface area (Å²) >= 11 is 0. The minimum Gasteiger partial charge on any atom is -0.495 e. The second kappa shape index (κ2) is 6.86. The van der Waals surface area contributed by atoms with Crippen LogP contribution in [0.5, 0.6) is 5.75 Å². The Morgan fingerprint density at radius 2 is 2.28 bits per heavy atom. The maximum Gasteiger partial charge on any atom is 0.320 e. The van der Waals surface area contributed by atoms with Gasteiger partial charge in [-0.3, -0.25) is 4.79 Å². The maximum absolute atomic E-state index is 10.8. The van der Waals surface area contributed by atoms with E-state index in [1.807, 2.05) is 25.1 Å². The van der Waals surface area contributed by atoms with E-state index in [0.717, 1.165) is 12.0 Å². The van der Waals surface area contributed by atoms with E-state index in [-0.39, 0.29) is 0 Å². The molecule has 1 aromatic rings. The zero-order valence-corrected chi connectivity index (χ0v) is 10.8. The summed E-state index contributed by atoms with van der Waals surface area (Å²) < 4.78 is 5.07. The fourth-order valence-corrected chi connectivity index (χ4v) is 1.74. The third-order valence-corrected chi connectivity index (χ3v) is 2.80. The number of rotatable bonds is 7. The van der Waals surface area contributed by atoms with Gasteiger partial charge in [0, 0.05) is 0 Å². The van der Waals surface area contributed by atoms with Crippen molar-refractivity contribution in [1.29, 1.82) is 0 Å². The van der Waals surface area contributed by atoms with Crippen LogP contribution in [0.2, 0.25) is 0 Å². The van der Waals surface area contributed by atoms with E-state index in [1.54, 1.807) is 7.11 Å². The van der Waals surface area contributed by atoms with Crippen LogP contribution in [0, 0.1) is 0 Å². The molecule has 0 saturated carbocycles. The molecular weight excluding hydrogens is 232 g/mol. The quantitative estimate of drug-likeness (QED) is 0.636. The molecule has 1 atom stereocenters. The van der Waals surface area contributed by atoms with Crippen LogP contribution >= 0.6 is 0 Å². The highest BCUT2D eigenvalue weighted by atomic mass is 16.5. The summed E-state index contributed by atoms with van der Waals surface area (Å²) in [5.74, 6) is -0.157. The molecule has 100 valence electrons. The van der Waals surface area contributed by atoms with Crippen molar-refractivity contribution in [1.82, 2.24) is 5.32 Å². The highest BCUT2D eigenvalue weighted by Crippen LogP contribution is 2.21. The molecule has 0 amide bonds. The molecular formula is C13H20N2O3. The Labute approximate surface area is 107 Å². The number of aliphatic carboxylic acids is 1. The average Bonchev–Trinajstić information content (AvgIpc) is 2.34. The first-order chi connectivity index (χ1) is 8.58. The molecule has 0 aliphatic carbocycles. The lowest BCUT2D eigenvalue weighted by Crippen LogP contribution is -2.37. The summed E-state index contributed by atoms with van der Waals surface area (Å²) in [6.45, 7) is 2.45. The molecule has 1 rings (SSSR count). The highest BCUT2D eigenvalue weighted by Gasteiger charge is 2.13. The summed E-state index contributed by atoms with van der Waals surface area (Å²) in [7, 11) is 1.58. The molecule has 1 unspecified atom stereocenters. The topological polar surface area (TPSA) is 84.6 Å². The number of hydrogen-bond donors (Lipinski definition) is 3. The number of carboxylic acid groups (broad SMARTS) is 1. The predicted molar refractivity (Wildman–Crippen MR) is 70.8 cm³/mol. The van der Waals surface area contributed by atoms with E-state index in [9.17, 15) is 4.79 Å². The van der Waals surface area contributed by atoms with Gasteiger partial charge >= 0.3 is 5.97 Å². The minimum absolute atomic E-state index is 0.486. The van der Waals surface area contributed by atoms with Crippen molar-refractivity contribution in [3.8, 4) is 5.75 Å². The number of ether oxygens (including phenoxy) is 1. The molecule has 0 bridgehead atoms. The van der Waals surface area contributed by atoms with Gasteiger partial charge < -0.3 is 20.9 Å². The predicted octanol–water partition coefficient (Wildman–Crippen LogP) is 1.27. The van der Waals surface area contributed by atoms with Gasteiger partial charge in [-0.2, -0.15) is 0 Å². The van der Waals surface area contributed by atoms with Gasteiger partial charge in [0.1, 0.15) is 11.8 Å². The number of nitrogens with two attached hydrogens (primary N) is 1. The third kappa shape index (κ3) is 3.92. The number of carboxylic acids is 1. The van der Waals surface area contributed by atoms with Gasteiger partial charge in [-0.1, -0.05) is 13.0 Å². The second-order valence-electron chi connectivity index (χ2n) is 4.08. The Balaban J connectivity index is 2.49. The van der Waals surface area contributed by atoms with Gasteiger partial charge in [-0.05, 0) is 37.1 Å². The second-order valence-corrected chi connectivity index (χ2v) is 4.08. The van der Waals surface area contributed by atoms with Crippen molar-refractivity contribution in [2.75, 3.05) is 19.4 Å². The first-order valence-electron chi connectivity index (χ1n) is 5.97. The van der Waals surface area contributed by atoms with Gasteiger partial charge in [-0.25, -0.2) is 0 Å². The molecule has 5 nitrogen and oxygen atoms in total. The zero-order valence-electron chi connectivity index (χ0n) is 10.8. The number of nitrogen functional groups attached to an aromatic ring is 1. The normalized spacial score (nSPS) is 12.1. The standard InChI is InChI=1S/C13H20N2O3/c1-3-11(13(16)17)15-7-6-9-4-5-12(18-2)10(14)8-9/h4-5,8,11,15H,3,6-7,14H2,1-2H3,(H,16,17). The number of hydrogen-bond acceptors (Lipinski definition) is 4. The largest absolute Gasteiger partial charge is 0.495 e. The molecule has 4 N–H and O–H groups in total. The van der Waals surface area contributed by atoms with E-state index >= 15 is 0 Å². The van der Waals surface area contributed by atoms with E-state index in [2.05, 4.69) is 5.32 Å². The number of methoxy groups -OCH3 is 1. The number of nitrogens with one attached hydrogen (secondary N) is 1. The molecule has 0 saturated heterocycles. The molecule has 0 fully saturated rings. The summed E-state index contributed by atoms with van der Waals surface area (Å²) in [5, 5.41) is 11.9. The van der Waals surface area contributed by atoms with Gasteiger partial charge in [0.05, 0.1) is 12.8 Å². The summed E-state index contributed by atoms with van der Waals surface area (Å²) in [5.41, 5.74) is 7.45. The van der Waals surface area contributed by atoms with Gasteiger partial charge in [0.25, 0.3) is 0 Å². The molecule has 0 aliphatic heterocycles. The minimum atomic E-state index is -0.813. The lowest BCUT2D eigenvalue weighted by atomic mass is 10.1. The zero-order chi connectivity index (χ0) is 13.5. The monoisotopic (exact) mass is 252 g/mol. The lowest BCUT2D eigenvalue weighted by molar-refractivity contribution is -0.139. The molecule has 5 heteroatoms. The number of benzene rings is 1. The fraction of sp³-hybridized carbons (Fsp3) is 0.462. The van der Waals surface area contributed by atoms with Crippen LogP contribution in [0.1, 0.15) is 18.9 Å². The van der Waals surface area contributed by atoms with E-state index in [1.165, 1.54) is 0 Å². The molecule has 0 spiro atoms. The lowest BCUT2D eigenvalue weighted by Gasteiger charge is -2.12. The number of anilines is 1. The fourth-order valence-electron chi connectivity index (χ4n) is 1.74.